The molecule has 1 amide bonds. The van der Waals surface area contributed by atoms with Gasteiger partial charge in [-0.2, -0.15) is 5.26 Å². The molecule has 1 aromatic rings. The first-order valence-corrected chi connectivity index (χ1v) is 7.54. The number of nitrogens with one attached hydrogen (secondary N) is 1. The van der Waals surface area contributed by atoms with Crippen molar-refractivity contribution < 1.29 is 19.1 Å². The molecule has 1 atom stereocenters. The van der Waals surface area contributed by atoms with Crippen molar-refractivity contribution in [2.75, 3.05) is 11.9 Å². The van der Waals surface area contributed by atoms with Gasteiger partial charge >= 0.3 is 5.97 Å². The van der Waals surface area contributed by atoms with Gasteiger partial charge < -0.3 is 14.8 Å². The van der Waals surface area contributed by atoms with Crippen molar-refractivity contribution in [1.29, 1.82) is 5.26 Å². The number of hydrogen-bond acceptors (Lipinski definition) is 5. The number of benzene rings is 1. The monoisotopic (exact) mass is 318 g/mol. The second kappa shape index (κ2) is 8.30. The highest BCUT2D eigenvalue weighted by Crippen LogP contribution is 2.25. The minimum absolute atomic E-state index is 0.215. The first-order valence-electron chi connectivity index (χ1n) is 7.54. The number of carbonyl (C=O) groups excluding carboxylic acids is 2. The van der Waals surface area contributed by atoms with Crippen molar-refractivity contribution in [2.45, 2.75) is 46.1 Å². The standard InChI is InChI=1S/C17H22N2O4/c1-5-9-17(4,22-6-2)16(21)19-15-8-7-14(23-12(3)20)10-13(15)11-18/h7-8,10H,5-6,9H2,1-4H3,(H,19,21)/t17-/m0/s1. The van der Waals surface area contributed by atoms with Gasteiger partial charge in [-0.25, -0.2) is 0 Å². The zero-order valence-corrected chi connectivity index (χ0v) is 13.9. The van der Waals surface area contributed by atoms with Gasteiger partial charge in [-0.15, -0.1) is 0 Å². The van der Waals surface area contributed by atoms with E-state index >= 15 is 0 Å². The van der Waals surface area contributed by atoms with Crippen LogP contribution in [-0.2, 0) is 14.3 Å². The molecule has 0 aliphatic carbocycles. The fraction of sp³-hybridized carbons (Fsp3) is 0.471. The Labute approximate surface area is 136 Å². The van der Waals surface area contributed by atoms with E-state index in [0.717, 1.165) is 6.42 Å². The molecule has 0 radical (unpaired) electrons. The van der Waals surface area contributed by atoms with Crippen LogP contribution in [-0.4, -0.2) is 24.1 Å². The number of nitriles is 1. The van der Waals surface area contributed by atoms with Crippen molar-refractivity contribution in [3.8, 4) is 11.8 Å². The van der Waals surface area contributed by atoms with Crippen molar-refractivity contribution in [1.82, 2.24) is 0 Å². The molecular weight excluding hydrogens is 296 g/mol. The Morgan fingerprint density at radius 2 is 2.04 bits per heavy atom. The zero-order chi connectivity index (χ0) is 17.5. The van der Waals surface area contributed by atoms with E-state index in [1.165, 1.54) is 25.1 Å². The fourth-order valence-corrected chi connectivity index (χ4v) is 2.26. The minimum atomic E-state index is -0.954. The van der Waals surface area contributed by atoms with E-state index in [2.05, 4.69) is 5.32 Å². The molecule has 0 spiro atoms. The number of rotatable bonds is 7. The molecule has 0 aromatic heterocycles. The summed E-state index contributed by atoms with van der Waals surface area (Å²) in [7, 11) is 0. The van der Waals surface area contributed by atoms with E-state index in [-0.39, 0.29) is 17.2 Å². The first kappa shape index (κ1) is 18.7. The molecule has 1 rings (SSSR count). The van der Waals surface area contributed by atoms with E-state index in [4.69, 9.17) is 9.47 Å². The van der Waals surface area contributed by atoms with Crippen LogP contribution in [0.5, 0.6) is 5.75 Å². The van der Waals surface area contributed by atoms with E-state index in [0.29, 0.717) is 18.7 Å². The Hall–Kier alpha value is -2.39. The quantitative estimate of drug-likeness (QED) is 0.616. The van der Waals surface area contributed by atoms with Gasteiger partial charge in [-0.1, -0.05) is 13.3 Å². The molecule has 0 saturated carbocycles. The van der Waals surface area contributed by atoms with Crippen LogP contribution < -0.4 is 10.1 Å². The average molecular weight is 318 g/mol. The molecule has 0 fully saturated rings. The Kier molecular flexibility index (Phi) is 6.73. The summed E-state index contributed by atoms with van der Waals surface area (Å²) in [5.41, 5.74) is -0.381. The maximum absolute atomic E-state index is 12.5. The van der Waals surface area contributed by atoms with Crippen LogP contribution >= 0.6 is 0 Å². The number of hydrogen-bond donors (Lipinski definition) is 1. The zero-order valence-electron chi connectivity index (χ0n) is 13.9. The molecule has 1 N–H and O–H groups in total. The van der Waals surface area contributed by atoms with E-state index in [1.54, 1.807) is 6.92 Å². The molecular formula is C17H22N2O4. The lowest BCUT2D eigenvalue weighted by Gasteiger charge is -2.28. The molecule has 6 nitrogen and oxygen atoms in total. The molecule has 1 aromatic carbocycles. The molecule has 124 valence electrons. The second-order valence-electron chi connectivity index (χ2n) is 5.28. The Balaban J connectivity index is 3.01. The number of carbonyl (C=O) groups is 2. The van der Waals surface area contributed by atoms with Crippen molar-refractivity contribution in [3.05, 3.63) is 23.8 Å². The maximum atomic E-state index is 12.5. The summed E-state index contributed by atoms with van der Waals surface area (Å²) in [5.74, 6) is -0.524. The van der Waals surface area contributed by atoms with Crippen LogP contribution in [0.2, 0.25) is 0 Å². The molecule has 0 aliphatic heterocycles. The summed E-state index contributed by atoms with van der Waals surface area (Å²) >= 11 is 0. The predicted molar refractivity (Wildman–Crippen MR) is 86.0 cm³/mol. The van der Waals surface area contributed by atoms with Crippen LogP contribution in [0, 0.1) is 11.3 Å². The highest BCUT2D eigenvalue weighted by atomic mass is 16.5. The molecule has 0 unspecified atom stereocenters. The van der Waals surface area contributed by atoms with Gasteiger partial charge in [0.25, 0.3) is 5.91 Å². The fourth-order valence-electron chi connectivity index (χ4n) is 2.26. The van der Waals surface area contributed by atoms with Crippen molar-refractivity contribution >= 4 is 17.6 Å². The van der Waals surface area contributed by atoms with Gasteiger partial charge in [0.1, 0.15) is 17.4 Å². The SMILES string of the molecule is CCC[C@](C)(OCC)C(=O)Nc1ccc(OC(C)=O)cc1C#N. The summed E-state index contributed by atoms with van der Waals surface area (Å²) in [6, 6.07) is 6.45. The summed E-state index contributed by atoms with van der Waals surface area (Å²) in [4.78, 5) is 23.5. The molecule has 23 heavy (non-hydrogen) atoms. The number of anilines is 1. The van der Waals surface area contributed by atoms with Crippen molar-refractivity contribution in [3.63, 3.8) is 0 Å². The smallest absolute Gasteiger partial charge is 0.308 e. The third-order valence-electron chi connectivity index (χ3n) is 3.29. The Morgan fingerprint density at radius 3 is 2.57 bits per heavy atom. The summed E-state index contributed by atoms with van der Waals surface area (Å²) < 4.78 is 10.5. The van der Waals surface area contributed by atoms with Crippen LogP contribution in [0.3, 0.4) is 0 Å². The predicted octanol–water partition coefficient (Wildman–Crippen LogP) is 3.02. The van der Waals surface area contributed by atoms with Gasteiger partial charge in [0, 0.05) is 19.6 Å². The van der Waals surface area contributed by atoms with Crippen LogP contribution in [0.25, 0.3) is 0 Å². The van der Waals surface area contributed by atoms with Crippen LogP contribution in [0.4, 0.5) is 5.69 Å². The highest BCUT2D eigenvalue weighted by Gasteiger charge is 2.33. The third kappa shape index (κ3) is 5.08. The molecule has 0 bridgehead atoms. The Morgan fingerprint density at radius 1 is 1.35 bits per heavy atom. The van der Waals surface area contributed by atoms with E-state index in [9.17, 15) is 14.9 Å². The second-order valence-corrected chi connectivity index (χ2v) is 5.28. The number of nitrogens with zero attached hydrogens (tertiary/aromatic N) is 1. The van der Waals surface area contributed by atoms with Crippen LogP contribution in [0.15, 0.2) is 18.2 Å². The Bertz CT molecular complexity index is 614. The normalized spacial score (nSPS) is 12.8. The average Bonchev–Trinajstić information content (AvgIpc) is 2.48. The summed E-state index contributed by atoms with van der Waals surface area (Å²) in [6.07, 6.45) is 1.36. The minimum Gasteiger partial charge on any atom is -0.427 e. The van der Waals surface area contributed by atoms with Gasteiger partial charge in [0.2, 0.25) is 0 Å². The van der Waals surface area contributed by atoms with Crippen molar-refractivity contribution in [2.24, 2.45) is 0 Å². The molecule has 0 saturated heterocycles. The molecule has 6 heteroatoms. The topological polar surface area (TPSA) is 88.4 Å². The summed E-state index contributed by atoms with van der Waals surface area (Å²) in [6.45, 7) is 7.23. The van der Waals surface area contributed by atoms with E-state index in [1.807, 2.05) is 19.9 Å². The largest absolute Gasteiger partial charge is 0.427 e. The van der Waals surface area contributed by atoms with Gasteiger partial charge in [0.05, 0.1) is 11.3 Å². The number of amides is 1. The first-order chi connectivity index (χ1) is 10.9. The lowest BCUT2D eigenvalue weighted by atomic mass is 9.98. The maximum Gasteiger partial charge on any atom is 0.308 e. The third-order valence-corrected chi connectivity index (χ3v) is 3.29. The van der Waals surface area contributed by atoms with E-state index < -0.39 is 11.6 Å². The van der Waals surface area contributed by atoms with Crippen LogP contribution in [0.1, 0.15) is 46.1 Å². The number of ether oxygens (including phenoxy) is 2. The summed E-state index contributed by atoms with van der Waals surface area (Å²) in [5, 5.41) is 12.0. The van der Waals surface area contributed by atoms with Gasteiger partial charge in [-0.05, 0) is 32.4 Å². The van der Waals surface area contributed by atoms with Gasteiger partial charge in [0.15, 0.2) is 0 Å². The lowest BCUT2D eigenvalue weighted by Crippen LogP contribution is -2.42. The number of esters is 1. The molecule has 0 heterocycles. The lowest BCUT2D eigenvalue weighted by molar-refractivity contribution is -0.139. The molecule has 0 aliphatic rings. The van der Waals surface area contributed by atoms with Gasteiger partial charge in [-0.3, -0.25) is 9.59 Å². The highest BCUT2D eigenvalue weighted by molar-refractivity contribution is 5.98.